The Morgan fingerprint density at radius 2 is 2.05 bits per heavy atom. The van der Waals surface area contributed by atoms with E-state index in [4.69, 9.17) is 10.00 Å². The molecule has 3 atom stereocenters. The number of carbonyl (C=O) groups excluding carboxylic acids is 2. The molecule has 5 heteroatoms. The second kappa shape index (κ2) is 6.40. The molecule has 0 aliphatic carbocycles. The van der Waals surface area contributed by atoms with Gasteiger partial charge >= 0.3 is 5.97 Å². The highest BCUT2D eigenvalue weighted by molar-refractivity contribution is 5.87. The van der Waals surface area contributed by atoms with Crippen LogP contribution in [0.2, 0.25) is 0 Å². The summed E-state index contributed by atoms with van der Waals surface area (Å²) in [7, 11) is 0. The van der Waals surface area contributed by atoms with Gasteiger partial charge in [0.05, 0.1) is 12.0 Å². The molecule has 1 aromatic carbocycles. The number of nitrogens with zero attached hydrogens (tertiary/aromatic N) is 2. The summed E-state index contributed by atoms with van der Waals surface area (Å²) < 4.78 is 4.99. The van der Waals surface area contributed by atoms with E-state index in [1.807, 2.05) is 43.3 Å². The van der Waals surface area contributed by atoms with Gasteiger partial charge in [-0.05, 0) is 19.4 Å². The van der Waals surface area contributed by atoms with Gasteiger partial charge in [0.15, 0.2) is 6.10 Å². The minimum Gasteiger partial charge on any atom is -0.447 e. The minimum absolute atomic E-state index is 0.0575. The summed E-state index contributed by atoms with van der Waals surface area (Å²) in [5.41, 5.74) is 1.03. The molecule has 0 saturated carbocycles. The number of hydrogen-bond acceptors (Lipinski definition) is 4. The maximum absolute atomic E-state index is 12.1. The van der Waals surface area contributed by atoms with Crippen LogP contribution in [0.3, 0.4) is 0 Å². The molecular weight excluding hydrogens is 268 g/mol. The summed E-state index contributed by atoms with van der Waals surface area (Å²) in [4.78, 5) is 25.7. The summed E-state index contributed by atoms with van der Waals surface area (Å²) >= 11 is 0. The lowest BCUT2D eigenvalue weighted by Gasteiger charge is -2.25. The van der Waals surface area contributed by atoms with Crippen molar-refractivity contribution in [3.05, 3.63) is 35.9 Å². The fraction of sp³-hybridized carbons (Fsp3) is 0.438. The van der Waals surface area contributed by atoms with Gasteiger partial charge in [-0.15, -0.1) is 0 Å². The monoisotopic (exact) mass is 286 g/mol. The average Bonchev–Trinajstić information content (AvgIpc) is 2.89. The molecule has 0 aromatic heterocycles. The van der Waals surface area contributed by atoms with Crippen LogP contribution in [0.1, 0.15) is 31.9 Å². The predicted octanol–water partition coefficient (Wildman–Crippen LogP) is 2.05. The number of carbonyl (C=O) groups is 2. The van der Waals surface area contributed by atoms with Gasteiger partial charge in [-0.3, -0.25) is 9.59 Å². The maximum atomic E-state index is 12.1. The van der Waals surface area contributed by atoms with E-state index >= 15 is 0 Å². The van der Waals surface area contributed by atoms with Crippen molar-refractivity contribution in [1.82, 2.24) is 4.90 Å². The molecule has 5 nitrogen and oxygen atoms in total. The van der Waals surface area contributed by atoms with Crippen molar-refractivity contribution >= 4 is 11.9 Å². The zero-order valence-electron chi connectivity index (χ0n) is 12.2. The summed E-state index contributed by atoms with van der Waals surface area (Å²) in [6.45, 7) is 3.80. The summed E-state index contributed by atoms with van der Waals surface area (Å²) in [5, 5.41) is 8.66. The Bertz CT molecular complexity index is 565. The van der Waals surface area contributed by atoms with Crippen molar-refractivity contribution in [3.63, 3.8) is 0 Å². The summed E-state index contributed by atoms with van der Waals surface area (Å²) in [6.07, 6.45) is -0.637. The van der Waals surface area contributed by atoms with Gasteiger partial charge in [-0.1, -0.05) is 30.3 Å². The van der Waals surface area contributed by atoms with Gasteiger partial charge in [0, 0.05) is 13.0 Å². The van der Waals surface area contributed by atoms with Crippen molar-refractivity contribution < 1.29 is 14.3 Å². The highest BCUT2D eigenvalue weighted by Crippen LogP contribution is 2.29. The van der Waals surface area contributed by atoms with Crippen LogP contribution in [0.5, 0.6) is 0 Å². The molecule has 1 fully saturated rings. The fourth-order valence-electron chi connectivity index (χ4n) is 2.47. The first-order chi connectivity index (χ1) is 10.0. The van der Waals surface area contributed by atoms with Gasteiger partial charge in [0.25, 0.3) is 0 Å². The number of amides is 1. The molecule has 110 valence electrons. The highest BCUT2D eigenvalue weighted by atomic mass is 16.5. The normalized spacial score (nSPS) is 20.7. The second-order valence-electron chi connectivity index (χ2n) is 5.24. The quantitative estimate of drug-likeness (QED) is 0.794. The lowest BCUT2D eigenvalue weighted by Crippen LogP contribution is -2.30. The number of ether oxygens (including phenoxy) is 1. The molecule has 1 heterocycles. The predicted molar refractivity (Wildman–Crippen MR) is 75.8 cm³/mol. The zero-order valence-corrected chi connectivity index (χ0v) is 12.2. The summed E-state index contributed by atoms with van der Waals surface area (Å²) in [5.74, 6) is -1.02. The molecule has 1 aliphatic heterocycles. The first-order valence-corrected chi connectivity index (χ1v) is 6.97. The molecule has 0 spiro atoms. The van der Waals surface area contributed by atoms with E-state index in [0.29, 0.717) is 6.54 Å². The third-order valence-corrected chi connectivity index (χ3v) is 3.72. The van der Waals surface area contributed by atoms with Gasteiger partial charge in [-0.2, -0.15) is 5.26 Å². The first kappa shape index (κ1) is 15.0. The van der Waals surface area contributed by atoms with Crippen LogP contribution in [0.25, 0.3) is 0 Å². The molecule has 0 N–H and O–H groups in total. The van der Waals surface area contributed by atoms with Crippen molar-refractivity contribution in [2.24, 2.45) is 5.92 Å². The number of benzene rings is 1. The van der Waals surface area contributed by atoms with Crippen molar-refractivity contribution in [1.29, 1.82) is 5.26 Å². The highest BCUT2D eigenvalue weighted by Gasteiger charge is 2.38. The molecule has 1 aliphatic rings. The Hall–Kier alpha value is -2.35. The van der Waals surface area contributed by atoms with Gasteiger partial charge in [0.2, 0.25) is 5.91 Å². The Morgan fingerprint density at radius 3 is 2.67 bits per heavy atom. The Morgan fingerprint density at radius 1 is 1.38 bits per heavy atom. The third-order valence-electron chi connectivity index (χ3n) is 3.72. The number of rotatable bonds is 4. The zero-order chi connectivity index (χ0) is 15.4. The minimum atomic E-state index is -0.784. The first-order valence-electron chi connectivity index (χ1n) is 6.97. The number of esters is 1. The molecule has 0 unspecified atom stereocenters. The van der Waals surface area contributed by atoms with Crippen LogP contribution in [0.4, 0.5) is 0 Å². The van der Waals surface area contributed by atoms with Crippen molar-refractivity contribution in [2.45, 2.75) is 32.4 Å². The Labute approximate surface area is 124 Å². The molecule has 0 bridgehead atoms. The largest absolute Gasteiger partial charge is 0.447 e. The van der Waals surface area contributed by atoms with Crippen LogP contribution in [-0.2, 0) is 14.3 Å². The molecule has 2 rings (SSSR count). The topological polar surface area (TPSA) is 70.4 Å². The molecule has 21 heavy (non-hydrogen) atoms. The van der Waals surface area contributed by atoms with Crippen LogP contribution >= 0.6 is 0 Å². The van der Waals surface area contributed by atoms with E-state index in [-0.39, 0.29) is 18.4 Å². The third kappa shape index (κ3) is 3.40. The van der Waals surface area contributed by atoms with E-state index in [1.54, 1.807) is 4.90 Å². The lowest BCUT2D eigenvalue weighted by molar-refractivity contribution is -0.150. The second-order valence-corrected chi connectivity index (χ2v) is 5.24. The van der Waals surface area contributed by atoms with Crippen LogP contribution in [-0.4, -0.2) is 29.4 Å². The van der Waals surface area contributed by atoms with E-state index in [1.165, 1.54) is 6.92 Å². The smallest absolute Gasteiger partial charge is 0.312 e. The van der Waals surface area contributed by atoms with Crippen LogP contribution in [0, 0.1) is 17.2 Å². The molecule has 1 amide bonds. The van der Waals surface area contributed by atoms with Crippen molar-refractivity contribution in [2.75, 3.05) is 6.54 Å². The van der Waals surface area contributed by atoms with Crippen LogP contribution in [0.15, 0.2) is 30.3 Å². The Kier molecular flexibility index (Phi) is 4.59. The van der Waals surface area contributed by atoms with Gasteiger partial charge < -0.3 is 9.64 Å². The van der Waals surface area contributed by atoms with E-state index < -0.39 is 18.0 Å². The molecule has 1 aromatic rings. The van der Waals surface area contributed by atoms with Crippen LogP contribution < -0.4 is 0 Å². The standard InChI is InChI=1S/C16H18N2O3/c1-11(9-17)21-16(20)14-8-15(19)18(10-14)12(2)13-6-4-3-5-7-13/h3-7,11-12,14H,8,10H2,1-2H3/t11-,12-,14-/m0/s1. The molecular formula is C16H18N2O3. The maximum Gasteiger partial charge on any atom is 0.312 e. The van der Waals surface area contributed by atoms with E-state index in [2.05, 4.69) is 0 Å². The lowest BCUT2D eigenvalue weighted by atomic mass is 10.1. The molecule has 0 radical (unpaired) electrons. The van der Waals surface area contributed by atoms with E-state index in [9.17, 15) is 9.59 Å². The SMILES string of the molecule is C[C@@H](C#N)OC(=O)[C@H]1CC(=O)N([C@@H](C)c2ccccc2)C1. The van der Waals surface area contributed by atoms with Gasteiger partial charge in [-0.25, -0.2) is 0 Å². The van der Waals surface area contributed by atoms with E-state index in [0.717, 1.165) is 5.56 Å². The fourth-order valence-corrected chi connectivity index (χ4v) is 2.47. The average molecular weight is 286 g/mol. The number of nitriles is 1. The van der Waals surface area contributed by atoms with Gasteiger partial charge in [0.1, 0.15) is 6.07 Å². The number of hydrogen-bond donors (Lipinski definition) is 0. The Balaban J connectivity index is 2.03. The summed E-state index contributed by atoms with van der Waals surface area (Å²) in [6, 6.07) is 11.5. The molecule has 1 saturated heterocycles. The number of likely N-dealkylation sites (tertiary alicyclic amines) is 1. The van der Waals surface area contributed by atoms with Crippen molar-refractivity contribution in [3.8, 4) is 6.07 Å².